The summed E-state index contributed by atoms with van der Waals surface area (Å²) in [5, 5.41) is 0. The Morgan fingerprint density at radius 2 is 1.86 bits per heavy atom. The van der Waals surface area contributed by atoms with E-state index in [4.69, 9.17) is 5.73 Å². The molecule has 0 aliphatic carbocycles. The molecule has 1 aromatic heterocycles. The van der Waals surface area contributed by atoms with Gasteiger partial charge in [-0.05, 0) is 12.5 Å². The topological polar surface area (TPSA) is 80.8 Å². The Balaban J connectivity index is 2.03. The van der Waals surface area contributed by atoms with E-state index in [1.165, 1.54) is 7.11 Å². The maximum Gasteiger partial charge on any atom is 0.409 e. The van der Waals surface area contributed by atoms with Gasteiger partial charge in [0.2, 0.25) is 0 Å². The lowest BCUT2D eigenvalue weighted by Crippen LogP contribution is -2.50. The van der Waals surface area contributed by atoms with E-state index in [0.29, 0.717) is 37.6 Å². The van der Waals surface area contributed by atoms with Crippen LogP contribution in [0.2, 0.25) is 0 Å². The summed E-state index contributed by atoms with van der Waals surface area (Å²) in [5.74, 6) is -0.0373. The SMILES string of the molecule is CCCn1cc(N)cc1C(=O)N1CCN(C(=O)OC)CC1. The number of anilines is 1. The first-order valence-electron chi connectivity index (χ1n) is 7.14. The molecule has 0 radical (unpaired) electrons. The van der Waals surface area contributed by atoms with Crippen LogP contribution in [0.1, 0.15) is 23.8 Å². The Morgan fingerprint density at radius 3 is 2.43 bits per heavy atom. The first-order valence-corrected chi connectivity index (χ1v) is 7.14. The molecule has 21 heavy (non-hydrogen) atoms. The van der Waals surface area contributed by atoms with Gasteiger partial charge in [-0.15, -0.1) is 0 Å². The summed E-state index contributed by atoms with van der Waals surface area (Å²) < 4.78 is 6.58. The third-order valence-electron chi connectivity index (χ3n) is 3.60. The Kier molecular flexibility index (Phi) is 4.72. The fourth-order valence-corrected chi connectivity index (χ4v) is 2.52. The number of piperazine rings is 1. The number of carbonyl (C=O) groups excluding carboxylic acids is 2. The van der Waals surface area contributed by atoms with Crippen LogP contribution in [0.3, 0.4) is 0 Å². The number of aryl methyl sites for hydroxylation is 1. The number of hydrogen-bond acceptors (Lipinski definition) is 4. The Hall–Kier alpha value is -2.18. The van der Waals surface area contributed by atoms with Gasteiger partial charge in [-0.3, -0.25) is 4.79 Å². The van der Waals surface area contributed by atoms with E-state index in [9.17, 15) is 9.59 Å². The Morgan fingerprint density at radius 1 is 1.24 bits per heavy atom. The maximum atomic E-state index is 12.6. The third-order valence-corrected chi connectivity index (χ3v) is 3.60. The first kappa shape index (κ1) is 15.2. The van der Waals surface area contributed by atoms with Crippen LogP contribution < -0.4 is 5.73 Å². The Labute approximate surface area is 124 Å². The molecule has 1 fully saturated rings. The normalized spacial score (nSPS) is 15.1. The number of nitrogens with zero attached hydrogens (tertiary/aromatic N) is 3. The van der Waals surface area contributed by atoms with Gasteiger partial charge >= 0.3 is 6.09 Å². The molecule has 1 aliphatic heterocycles. The third kappa shape index (κ3) is 3.29. The molecule has 7 nitrogen and oxygen atoms in total. The minimum Gasteiger partial charge on any atom is -0.453 e. The van der Waals surface area contributed by atoms with Crippen molar-refractivity contribution in [2.24, 2.45) is 0 Å². The monoisotopic (exact) mass is 294 g/mol. The molecule has 1 saturated heterocycles. The Bertz CT molecular complexity index is 518. The van der Waals surface area contributed by atoms with Crippen molar-refractivity contribution in [3.05, 3.63) is 18.0 Å². The number of amides is 2. The van der Waals surface area contributed by atoms with E-state index >= 15 is 0 Å². The average Bonchev–Trinajstić information content (AvgIpc) is 2.87. The molecule has 2 amide bonds. The molecular weight excluding hydrogens is 272 g/mol. The van der Waals surface area contributed by atoms with Crippen LogP contribution >= 0.6 is 0 Å². The van der Waals surface area contributed by atoms with Crippen LogP contribution in [0.5, 0.6) is 0 Å². The predicted octanol–water partition coefficient (Wildman–Crippen LogP) is 1.00. The van der Waals surface area contributed by atoms with Crippen LogP contribution in [0.25, 0.3) is 0 Å². The molecule has 2 heterocycles. The van der Waals surface area contributed by atoms with Gasteiger partial charge < -0.3 is 24.8 Å². The molecule has 0 spiro atoms. The summed E-state index contributed by atoms with van der Waals surface area (Å²) in [7, 11) is 1.36. The van der Waals surface area contributed by atoms with Gasteiger partial charge in [0.15, 0.2) is 0 Å². The number of aromatic nitrogens is 1. The molecule has 0 aromatic carbocycles. The number of nitrogens with two attached hydrogens (primary N) is 1. The first-order chi connectivity index (χ1) is 10.1. The molecule has 1 aromatic rings. The zero-order valence-electron chi connectivity index (χ0n) is 12.5. The molecule has 0 saturated carbocycles. The maximum absolute atomic E-state index is 12.6. The van der Waals surface area contributed by atoms with Gasteiger partial charge in [0.1, 0.15) is 5.69 Å². The number of methoxy groups -OCH3 is 1. The van der Waals surface area contributed by atoms with Gasteiger partial charge in [0.25, 0.3) is 5.91 Å². The van der Waals surface area contributed by atoms with E-state index in [1.54, 1.807) is 22.1 Å². The van der Waals surface area contributed by atoms with Crippen LogP contribution in [0.15, 0.2) is 12.3 Å². The van der Waals surface area contributed by atoms with Crippen molar-refractivity contribution in [3.8, 4) is 0 Å². The van der Waals surface area contributed by atoms with Crippen molar-refractivity contribution in [2.75, 3.05) is 39.0 Å². The summed E-state index contributed by atoms with van der Waals surface area (Å²) in [5.41, 5.74) is 7.00. The second-order valence-electron chi connectivity index (χ2n) is 5.10. The van der Waals surface area contributed by atoms with Gasteiger partial charge in [-0.1, -0.05) is 6.92 Å². The van der Waals surface area contributed by atoms with Crippen molar-refractivity contribution in [1.82, 2.24) is 14.4 Å². The molecule has 0 unspecified atom stereocenters. The lowest BCUT2D eigenvalue weighted by atomic mass is 10.2. The highest BCUT2D eigenvalue weighted by Gasteiger charge is 2.26. The summed E-state index contributed by atoms with van der Waals surface area (Å²) in [6.07, 6.45) is 2.38. The molecule has 0 bridgehead atoms. The molecule has 2 N–H and O–H groups in total. The molecular formula is C14H22N4O3. The summed E-state index contributed by atoms with van der Waals surface area (Å²) in [6.45, 7) is 4.81. The lowest BCUT2D eigenvalue weighted by Gasteiger charge is -2.33. The van der Waals surface area contributed by atoms with Gasteiger partial charge in [0.05, 0.1) is 12.8 Å². The minimum absolute atomic E-state index is 0.0373. The van der Waals surface area contributed by atoms with E-state index in [2.05, 4.69) is 11.7 Å². The number of nitrogen functional groups attached to an aromatic ring is 1. The molecule has 116 valence electrons. The number of carbonyl (C=O) groups is 2. The van der Waals surface area contributed by atoms with Crippen LogP contribution in [0, 0.1) is 0 Å². The fourth-order valence-electron chi connectivity index (χ4n) is 2.52. The largest absolute Gasteiger partial charge is 0.453 e. The zero-order chi connectivity index (χ0) is 15.4. The second kappa shape index (κ2) is 6.51. The number of hydrogen-bond donors (Lipinski definition) is 1. The van der Waals surface area contributed by atoms with Gasteiger partial charge in [-0.2, -0.15) is 0 Å². The smallest absolute Gasteiger partial charge is 0.409 e. The van der Waals surface area contributed by atoms with Crippen molar-refractivity contribution in [2.45, 2.75) is 19.9 Å². The quantitative estimate of drug-likeness (QED) is 0.902. The fraction of sp³-hybridized carbons (Fsp3) is 0.571. The molecule has 7 heteroatoms. The lowest BCUT2D eigenvalue weighted by molar-refractivity contribution is 0.0590. The average molecular weight is 294 g/mol. The highest BCUT2D eigenvalue weighted by molar-refractivity contribution is 5.94. The van der Waals surface area contributed by atoms with E-state index < -0.39 is 0 Å². The van der Waals surface area contributed by atoms with Crippen molar-refractivity contribution < 1.29 is 14.3 Å². The summed E-state index contributed by atoms with van der Waals surface area (Å²) in [6, 6.07) is 1.71. The second-order valence-corrected chi connectivity index (χ2v) is 5.10. The number of rotatable bonds is 3. The summed E-state index contributed by atoms with van der Waals surface area (Å²) >= 11 is 0. The molecule has 2 rings (SSSR count). The van der Waals surface area contributed by atoms with Gasteiger partial charge in [-0.25, -0.2) is 4.79 Å². The summed E-state index contributed by atoms with van der Waals surface area (Å²) in [4.78, 5) is 27.4. The molecule has 0 atom stereocenters. The van der Waals surface area contributed by atoms with Crippen LogP contribution in [-0.4, -0.2) is 59.7 Å². The predicted molar refractivity (Wildman–Crippen MR) is 79.0 cm³/mol. The van der Waals surface area contributed by atoms with Crippen molar-refractivity contribution in [3.63, 3.8) is 0 Å². The number of ether oxygens (including phenoxy) is 1. The van der Waals surface area contributed by atoms with Gasteiger partial charge in [0, 0.05) is 38.9 Å². The van der Waals surface area contributed by atoms with E-state index in [-0.39, 0.29) is 12.0 Å². The van der Waals surface area contributed by atoms with Crippen LogP contribution in [-0.2, 0) is 11.3 Å². The highest BCUT2D eigenvalue weighted by atomic mass is 16.5. The minimum atomic E-state index is -0.347. The van der Waals surface area contributed by atoms with Crippen molar-refractivity contribution in [1.29, 1.82) is 0 Å². The zero-order valence-corrected chi connectivity index (χ0v) is 12.5. The van der Waals surface area contributed by atoms with E-state index in [0.717, 1.165) is 13.0 Å². The standard InChI is InChI=1S/C14H22N4O3/c1-3-4-18-10-11(15)9-12(18)13(19)16-5-7-17(8-6-16)14(20)21-2/h9-10H,3-8,15H2,1-2H3. The van der Waals surface area contributed by atoms with Crippen molar-refractivity contribution >= 4 is 17.7 Å². The molecule has 1 aliphatic rings. The van der Waals surface area contributed by atoms with E-state index in [1.807, 2.05) is 4.57 Å². The highest BCUT2D eigenvalue weighted by Crippen LogP contribution is 2.15. The van der Waals surface area contributed by atoms with Crippen LogP contribution in [0.4, 0.5) is 10.5 Å².